The third-order valence-corrected chi connectivity index (χ3v) is 7.39. The van der Waals surface area contributed by atoms with Gasteiger partial charge < -0.3 is 9.84 Å². The Morgan fingerprint density at radius 3 is 2.57 bits per heavy atom. The second kappa shape index (κ2) is 12.5. The number of nitrogens with zero attached hydrogens (tertiary/aromatic N) is 6. The van der Waals surface area contributed by atoms with E-state index < -0.39 is 11.5 Å². The van der Waals surface area contributed by atoms with E-state index >= 15 is 0 Å². The van der Waals surface area contributed by atoms with E-state index in [1.165, 1.54) is 5.01 Å². The van der Waals surface area contributed by atoms with Crippen LogP contribution >= 0.6 is 11.6 Å². The first-order valence-electron chi connectivity index (χ1n) is 13.7. The molecule has 0 fully saturated rings. The predicted octanol–water partition coefficient (Wildman–Crippen LogP) is 4.42. The average molecular weight is 607 g/mol. The van der Waals surface area contributed by atoms with Gasteiger partial charge >= 0.3 is 0 Å². The van der Waals surface area contributed by atoms with Crippen molar-refractivity contribution in [1.29, 1.82) is 0 Å². The highest BCUT2D eigenvalue weighted by Crippen LogP contribution is 2.33. The van der Waals surface area contributed by atoms with E-state index in [0.29, 0.717) is 39.0 Å². The minimum Gasteiger partial charge on any atom is -0.489 e. The number of carbonyl (C=O) groups excluding carboxylic acids is 1. The van der Waals surface area contributed by atoms with E-state index in [-0.39, 0.29) is 19.1 Å². The van der Waals surface area contributed by atoms with Gasteiger partial charge in [0.1, 0.15) is 18.1 Å². The molecular formula is C32H27ClN8O3. The number of ether oxygens (including phenoxy) is 1. The highest BCUT2D eigenvalue weighted by Gasteiger charge is 2.44. The van der Waals surface area contributed by atoms with Crippen LogP contribution in [0.2, 0.25) is 5.02 Å². The number of H-pyrrole nitrogens is 1. The van der Waals surface area contributed by atoms with Crippen LogP contribution < -0.4 is 10.1 Å². The zero-order valence-electron chi connectivity index (χ0n) is 23.6. The number of aliphatic hydroxyl groups is 1. The molecule has 1 aliphatic rings. The minimum absolute atomic E-state index is 0.0326. The SMILES string of the molecule is CN=C(NC(=O)c1cccc(OCc2ccccc2-c2nn[nH]n2)c1)N1CC(O)(c2ccccc2)C(c2ccc(Cl)cc2)=N1. The van der Waals surface area contributed by atoms with Gasteiger partial charge in [-0.15, -0.1) is 10.2 Å². The molecule has 220 valence electrons. The number of β-amino-alcohol motifs (C(OH)–C–C–N with tert-alkyl or cyclic N) is 1. The maximum atomic E-state index is 13.4. The molecule has 1 atom stereocenters. The van der Waals surface area contributed by atoms with Crippen LogP contribution in [0.4, 0.5) is 0 Å². The van der Waals surface area contributed by atoms with Gasteiger partial charge in [-0.25, -0.2) is 5.01 Å². The van der Waals surface area contributed by atoms with Crippen LogP contribution in [0.15, 0.2) is 113 Å². The maximum Gasteiger partial charge on any atom is 0.258 e. The molecule has 12 heteroatoms. The van der Waals surface area contributed by atoms with E-state index in [9.17, 15) is 9.90 Å². The molecule has 1 amide bonds. The molecule has 1 aliphatic heterocycles. The molecule has 0 aliphatic carbocycles. The summed E-state index contributed by atoms with van der Waals surface area (Å²) >= 11 is 6.12. The van der Waals surface area contributed by atoms with Crippen molar-refractivity contribution in [1.82, 2.24) is 30.9 Å². The van der Waals surface area contributed by atoms with Crippen LogP contribution in [0.25, 0.3) is 11.4 Å². The van der Waals surface area contributed by atoms with Crippen molar-refractivity contribution in [3.05, 3.63) is 130 Å². The van der Waals surface area contributed by atoms with Crippen molar-refractivity contribution in [2.75, 3.05) is 13.6 Å². The summed E-state index contributed by atoms with van der Waals surface area (Å²) in [5, 5.41) is 35.8. The van der Waals surface area contributed by atoms with E-state index in [4.69, 9.17) is 21.4 Å². The number of benzene rings is 4. The summed E-state index contributed by atoms with van der Waals surface area (Å²) in [7, 11) is 1.55. The van der Waals surface area contributed by atoms with Crippen LogP contribution in [0, 0.1) is 0 Å². The van der Waals surface area contributed by atoms with Crippen molar-refractivity contribution < 1.29 is 14.6 Å². The lowest BCUT2D eigenvalue weighted by molar-refractivity contribution is 0.0943. The lowest BCUT2D eigenvalue weighted by Gasteiger charge is -2.26. The molecule has 0 saturated carbocycles. The second-order valence-corrected chi connectivity index (χ2v) is 10.4. The van der Waals surface area contributed by atoms with Crippen molar-refractivity contribution in [3.8, 4) is 17.1 Å². The fraction of sp³-hybridized carbons (Fsp3) is 0.125. The number of hydrogen-bond donors (Lipinski definition) is 3. The molecule has 2 heterocycles. The first-order chi connectivity index (χ1) is 21.4. The Hall–Kier alpha value is -5.39. The van der Waals surface area contributed by atoms with Crippen LogP contribution in [0.1, 0.15) is 27.0 Å². The lowest BCUT2D eigenvalue weighted by Crippen LogP contribution is -2.45. The number of carbonyl (C=O) groups is 1. The number of aliphatic imine (C=N–C) groups is 1. The summed E-state index contributed by atoms with van der Waals surface area (Å²) in [5.74, 6) is 0.722. The highest BCUT2D eigenvalue weighted by molar-refractivity contribution is 6.30. The molecular weight excluding hydrogens is 580 g/mol. The zero-order valence-corrected chi connectivity index (χ0v) is 24.3. The number of tetrazole rings is 1. The molecule has 11 nitrogen and oxygen atoms in total. The first kappa shape index (κ1) is 28.7. The van der Waals surface area contributed by atoms with Crippen LogP contribution in [-0.2, 0) is 12.2 Å². The average Bonchev–Trinajstić information content (AvgIpc) is 3.73. The molecule has 0 bridgehead atoms. The number of amides is 1. The molecule has 0 radical (unpaired) electrons. The van der Waals surface area contributed by atoms with Crippen LogP contribution in [0.5, 0.6) is 5.75 Å². The van der Waals surface area contributed by atoms with Gasteiger partial charge in [-0.3, -0.25) is 15.1 Å². The van der Waals surface area contributed by atoms with E-state index in [1.54, 1.807) is 55.6 Å². The number of guanidine groups is 1. The number of rotatable bonds is 7. The number of hydrogen-bond acceptors (Lipinski definition) is 8. The molecule has 4 aromatic carbocycles. The van der Waals surface area contributed by atoms with Gasteiger partial charge in [-0.2, -0.15) is 10.3 Å². The summed E-state index contributed by atoms with van der Waals surface area (Å²) in [6.07, 6.45) is 0. The van der Waals surface area contributed by atoms with Crippen molar-refractivity contribution >= 4 is 29.2 Å². The number of aromatic nitrogens is 4. The Balaban J connectivity index is 1.20. The van der Waals surface area contributed by atoms with Gasteiger partial charge in [0.25, 0.3) is 5.91 Å². The predicted molar refractivity (Wildman–Crippen MR) is 166 cm³/mol. The smallest absolute Gasteiger partial charge is 0.258 e. The number of hydrazone groups is 1. The van der Waals surface area contributed by atoms with Gasteiger partial charge in [-0.1, -0.05) is 84.4 Å². The summed E-state index contributed by atoms with van der Waals surface area (Å²) in [6, 6.07) is 30.7. The van der Waals surface area contributed by atoms with Crippen LogP contribution in [-0.4, -0.2) is 61.9 Å². The molecule has 3 N–H and O–H groups in total. The minimum atomic E-state index is -1.47. The molecule has 5 aromatic rings. The zero-order chi connectivity index (χ0) is 30.5. The second-order valence-electron chi connectivity index (χ2n) is 9.95. The van der Waals surface area contributed by atoms with Gasteiger partial charge in [0, 0.05) is 34.3 Å². The standard InChI is InChI=1S/C32H27ClN8O3/c1-34-31(41-20-32(43,24-10-3-2-4-11-24)28(38-41)21-14-16-25(33)17-15-21)35-30(42)22-9-7-12-26(18-22)44-19-23-8-5-6-13-27(23)29-36-39-40-37-29/h2-18,43H,19-20H2,1H3,(H,34,35,42)(H,36,37,39,40). The van der Waals surface area contributed by atoms with Gasteiger partial charge in [0.2, 0.25) is 11.8 Å². The normalized spacial score (nSPS) is 16.5. The Morgan fingerprint density at radius 2 is 1.82 bits per heavy atom. The number of nitrogens with one attached hydrogen (secondary N) is 2. The van der Waals surface area contributed by atoms with E-state index in [2.05, 4.69) is 30.9 Å². The molecule has 1 unspecified atom stereocenters. The largest absolute Gasteiger partial charge is 0.489 e. The van der Waals surface area contributed by atoms with Crippen LogP contribution in [0.3, 0.4) is 0 Å². The molecule has 44 heavy (non-hydrogen) atoms. The molecule has 0 spiro atoms. The van der Waals surface area contributed by atoms with Gasteiger partial charge in [0.15, 0.2) is 5.60 Å². The number of aromatic amines is 1. The van der Waals surface area contributed by atoms with E-state index in [1.807, 2.05) is 54.6 Å². The topological polar surface area (TPSA) is 141 Å². The quantitative estimate of drug-likeness (QED) is 0.184. The maximum absolute atomic E-state index is 13.4. The number of halogens is 1. The third kappa shape index (κ3) is 5.91. The van der Waals surface area contributed by atoms with Crippen molar-refractivity contribution in [2.24, 2.45) is 10.1 Å². The first-order valence-corrected chi connectivity index (χ1v) is 14.1. The Kier molecular flexibility index (Phi) is 8.13. The fourth-order valence-corrected chi connectivity index (χ4v) is 5.06. The summed E-state index contributed by atoms with van der Waals surface area (Å²) in [4.78, 5) is 17.7. The third-order valence-electron chi connectivity index (χ3n) is 7.14. The Bertz CT molecular complexity index is 1830. The van der Waals surface area contributed by atoms with Gasteiger partial charge in [-0.05, 0) is 41.1 Å². The Labute approximate surface area is 257 Å². The van der Waals surface area contributed by atoms with Crippen molar-refractivity contribution in [2.45, 2.75) is 12.2 Å². The molecule has 6 rings (SSSR count). The Morgan fingerprint density at radius 1 is 1.05 bits per heavy atom. The highest BCUT2D eigenvalue weighted by atomic mass is 35.5. The molecule has 0 saturated heterocycles. The van der Waals surface area contributed by atoms with Crippen molar-refractivity contribution in [3.63, 3.8) is 0 Å². The summed E-state index contributed by atoms with van der Waals surface area (Å²) < 4.78 is 6.03. The summed E-state index contributed by atoms with van der Waals surface area (Å²) in [5.41, 5.74) is 2.29. The lowest BCUT2D eigenvalue weighted by atomic mass is 9.86. The molecule has 1 aromatic heterocycles. The van der Waals surface area contributed by atoms with Gasteiger partial charge in [0.05, 0.1) is 6.54 Å². The summed E-state index contributed by atoms with van der Waals surface area (Å²) in [6.45, 7) is 0.260. The fourth-order valence-electron chi connectivity index (χ4n) is 4.94. The monoisotopic (exact) mass is 606 g/mol. The van der Waals surface area contributed by atoms with E-state index in [0.717, 1.165) is 11.1 Å².